The van der Waals surface area contributed by atoms with Crippen molar-refractivity contribution < 1.29 is 24.5 Å². The molecule has 0 fully saturated rings. The lowest BCUT2D eigenvalue weighted by Crippen LogP contribution is -2.15. The zero-order chi connectivity index (χ0) is 13.0. The molecular weight excluding hydrogens is 224 g/mol. The quantitative estimate of drug-likeness (QED) is 0.776. The van der Waals surface area contributed by atoms with Gasteiger partial charge < -0.3 is 19.7 Å². The number of aliphatic hydroxyl groups is 1. The summed E-state index contributed by atoms with van der Waals surface area (Å²) >= 11 is 0. The van der Waals surface area contributed by atoms with Gasteiger partial charge in [0.2, 0.25) is 0 Å². The summed E-state index contributed by atoms with van der Waals surface area (Å²) in [6.07, 6.45) is -1.51. The average Bonchev–Trinajstić information content (AvgIpc) is 2.31. The van der Waals surface area contributed by atoms with Crippen molar-refractivity contribution in [3.63, 3.8) is 0 Å². The van der Waals surface area contributed by atoms with Crippen molar-refractivity contribution in [2.75, 3.05) is 13.7 Å². The van der Waals surface area contributed by atoms with Gasteiger partial charge in [0, 0.05) is 5.56 Å². The first-order valence-corrected chi connectivity index (χ1v) is 5.23. The van der Waals surface area contributed by atoms with E-state index < -0.39 is 12.1 Å². The molecule has 1 rings (SSSR count). The molecule has 0 aliphatic rings. The van der Waals surface area contributed by atoms with Crippen LogP contribution < -0.4 is 4.74 Å². The van der Waals surface area contributed by atoms with E-state index in [9.17, 15) is 15.0 Å². The highest BCUT2D eigenvalue weighted by molar-refractivity contribution is 5.78. The molecule has 0 radical (unpaired) electrons. The average molecular weight is 240 g/mol. The van der Waals surface area contributed by atoms with Gasteiger partial charge in [0.05, 0.1) is 13.7 Å². The first-order chi connectivity index (χ1) is 8.01. The summed E-state index contributed by atoms with van der Waals surface area (Å²) in [4.78, 5) is 11.4. The fourth-order valence-electron chi connectivity index (χ4n) is 1.48. The molecule has 0 bridgehead atoms. The van der Waals surface area contributed by atoms with Crippen LogP contribution in [-0.4, -0.2) is 29.9 Å². The van der Waals surface area contributed by atoms with Crippen LogP contribution in [0.3, 0.4) is 0 Å². The van der Waals surface area contributed by atoms with Crippen molar-refractivity contribution in [2.24, 2.45) is 0 Å². The number of ether oxygens (including phenoxy) is 2. The van der Waals surface area contributed by atoms with Gasteiger partial charge in [0.25, 0.3) is 0 Å². The molecule has 0 saturated heterocycles. The van der Waals surface area contributed by atoms with E-state index in [-0.39, 0.29) is 23.7 Å². The van der Waals surface area contributed by atoms with Gasteiger partial charge in [-0.15, -0.1) is 0 Å². The van der Waals surface area contributed by atoms with Gasteiger partial charge in [-0.25, -0.2) is 4.79 Å². The van der Waals surface area contributed by atoms with E-state index in [1.54, 1.807) is 19.9 Å². The van der Waals surface area contributed by atoms with Crippen LogP contribution in [0.25, 0.3) is 0 Å². The third kappa shape index (κ3) is 2.88. The van der Waals surface area contributed by atoms with Gasteiger partial charge in [-0.3, -0.25) is 0 Å². The fourth-order valence-corrected chi connectivity index (χ4v) is 1.48. The molecule has 1 atom stereocenters. The largest absolute Gasteiger partial charge is 0.504 e. The van der Waals surface area contributed by atoms with E-state index in [0.717, 1.165) is 5.56 Å². The zero-order valence-corrected chi connectivity index (χ0v) is 10.1. The van der Waals surface area contributed by atoms with Crippen LogP contribution in [-0.2, 0) is 9.53 Å². The molecule has 2 N–H and O–H groups in total. The maximum Gasteiger partial charge on any atom is 0.339 e. The molecule has 0 amide bonds. The first-order valence-electron chi connectivity index (χ1n) is 5.23. The molecule has 1 aromatic rings. The lowest BCUT2D eigenvalue weighted by atomic mass is 10.0. The fraction of sp³-hybridized carbons (Fsp3) is 0.417. The van der Waals surface area contributed by atoms with E-state index >= 15 is 0 Å². The van der Waals surface area contributed by atoms with Crippen LogP contribution in [0.1, 0.15) is 24.2 Å². The smallest absolute Gasteiger partial charge is 0.339 e. The van der Waals surface area contributed by atoms with Crippen LogP contribution in [0.5, 0.6) is 11.5 Å². The molecule has 0 saturated carbocycles. The normalized spacial score (nSPS) is 12.0. The minimum Gasteiger partial charge on any atom is -0.504 e. The van der Waals surface area contributed by atoms with Crippen molar-refractivity contribution >= 4 is 5.97 Å². The summed E-state index contributed by atoms with van der Waals surface area (Å²) in [6, 6.07) is 3.12. The minimum absolute atomic E-state index is 0.0836. The van der Waals surface area contributed by atoms with Crippen LogP contribution >= 0.6 is 0 Å². The second-order valence-corrected chi connectivity index (χ2v) is 3.56. The van der Waals surface area contributed by atoms with E-state index in [2.05, 4.69) is 4.74 Å². The van der Waals surface area contributed by atoms with Crippen LogP contribution in [0.4, 0.5) is 0 Å². The number of aromatic hydroxyl groups is 1. The Morgan fingerprint density at radius 1 is 1.47 bits per heavy atom. The number of carbonyl (C=O) groups is 1. The molecule has 1 aromatic carbocycles. The Kier molecular flexibility index (Phi) is 4.34. The molecule has 0 heterocycles. The van der Waals surface area contributed by atoms with Gasteiger partial charge in [-0.2, -0.15) is 0 Å². The highest BCUT2D eigenvalue weighted by atomic mass is 16.5. The van der Waals surface area contributed by atoms with Gasteiger partial charge in [0.1, 0.15) is 0 Å². The van der Waals surface area contributed by atoms with Gasteiger partial charge in [-0.1, -0.05) is 0 Å². The number of carbonyl (C=O) groups excluding carboxylic acids is 1. The van der Waals surface area contributed by atoms with E-state index in [1.165, 1.54) is 13.2 Å². The Morgan fingerprint density at radius 2 is 2.12 bits per heavy atom. The molecule has 0 aromatic heterocycles. The number of hydrogen-bond donors (Lipinski definition) is 2. The third-order valence-corrected chi connectivity index (χ3v) is 2.27. The number of hydrogen-bond acceptors (Lipinski definition) is 5. The zero-order valence-electron chi connectivity index (χ0n) is 10.1. The van der Waals surface area contributed by atoms with Crippen molar-refractivity contribution in [3.8, 4) is 11.5 Å². The molecule has 0 spiro atoms. The summed E-state index contributed by atoms with van der Waals surface area (Å²) < 4.78 is 9.63. The Balaban J connectivity index is 3.12. The van der Waals surface area contributed by atoms with Gasteiger partial charge in [-0.05, 0) is 31.5 Å². The maximum atomic E-state index is 11.4. The van der Waals surface area contributed by atoms with Crippen molar-refractivity contribution in [3.05, 3.63) is 23.3 Å². The summed E-state index contributed by atoms with van der Waals surface area (Å²) in [5.74, 6) is -0.836. The lowest BCUT2D eigenvalue weighted by molar-refractivity contribution is -0.153. The second kappa shape index (κ2) is 5.54. The molecular formula is C12H16O5. The Labute approximate surface area is 99.6 Å². The predicted molar refractivity (Wildman–Crippen MR) is 61.0 cm³/mol. The van der Waals surface area contributed by atoms with E-state index in [4.69, 9.17) is 4.74 Å². The highest BCUT2D eigenvalue weighted by Gasteiger charge is 2.24. The van der Waals surface area contributed by atoms with Crippen LogP contribution in [0.15, 0.2) is 12.1 Å². The van der Waals surface area contributed by atoms with Crippen molar-refractivity contribution in [1.82, 2.24) is 0 Å². The molecule has 94 valence electrons. The summed E-state index contributed by atoms with van der Waals surface area (Å²) in [5.41, 5.74) is 0.846. The molecule has 5 heteroatoms. The maximum absolute atomic E-state index is 11.4. The van der Waals surface area contributed by atoms with E-state index in [0.29, 0.717) is 0 Å². The predicted octanol–water partition coefficient (Wildman–Crippen LogP) is 1.31. The minimum atomic E-state index is -1.51. The van der Waals surface area contributed by atoms with Crippen molar-refractivity contribution in [2.45, 2.75) is 20.0 Å². The number of benzene rings is 1. The third-order valence-electron chi connectivity index (χ3n) is 2.27. The van der Waals surface area contributed by atoms with Crippen molar-refractivity contribution in [1.29, 1.82) is 0 Å². The summed E-state index contributed by atoms with van der Waals surface area (Å²) in [7, 11) is 1.40. The molecule has 5 nitrogen and oxygen atoms in total. The molecule has 17 heavy (non-hydrogen) atoms. The Morgan fingerprint density at radius 3 is 2.65 bits per heavy atom. The number of phenols is 1. The van der Waals surface area contributed by atoms with Crippen LogP contribution in [0, 0.1) is 6.92 Å². The van der Waals surface area contributed by atoms with Crippen LogP contribution in [0.2, 0.25) is 0 Å². The lowest BCUT2D eigenvalue weighted by Gasteiger charge is -2.14. The van der Waals surface area contributed by atoms with E-state index in [1.807, 2.05) is 0 Å². The molecule has 0 aliphatic carbocycles. The Bertz CT molecular complexity index is 414. The number of rotatable bonds is 4. The van der Waals surface area contributed by atoms with Gasteiger partial charge in [0.15, 0.2) is 17.6 Å². The number of aliphatic hydroxyl groups excluding tert-OH is 1. The first kappa shape index (κ1) is 13.3. The SMILES string of the molecule is CCOC(=O)C(O)c1cc(C)cc(OC)c1O. The van der Waals surface area contributed by atoms with Gasteiger partial charge >= 0.3 is 5.97 Å². The highest BCUT2D eigenvalue weighted by Crippen LogP contribution is 2.35. The molecule has 1 unspecified atom stereocenters. The number of phenolic OH excluding ortho intramolecular Hbond substituents is 1. The Hall–Kier alpha value is -1.75. The standard InChI is InChI=1S/C12H16O5/c1-4-17-12(15)11(14)8-5-7(2)6-9(16-3)10(8)13/h5-6,11,13-14H,4H2,1-3H3. The topological polar surface area (TPSA) is 76.0 Å². The number of aryl methyl sites for hydroxylation is 1. The second-order valence-electron chi connectivity index (χ2n) is 3.56. The summed E-state index contributed by atoms with van der Waals surface area (Å²) in [5, 5.41) is 19.6. The summed E-state index contributed by atoms with van der Waals surface area (Å²) in [6.45, 7) is 3.57. The monoisotopic (exact) mass is 240 g/mol. The number of methoxy groups -OCH3 is 1. The number of esters is 1. The molecule has 0 aliphatic heterocycles.